The molecule has 0 bridgehead atoms. The summed E-state index contributed by atoms with van der Waals surface area (Å²) in [5.74, 6) is -3.25. The van der Waals surface area contributed by atoms with Gasteiger partial charge >= 0.3 is 77.7 Å². The maximum absolute atomic E-state index is 8.89. The van der Waals surface area contributed by atoms with E-state index in [0.717, 1.165) is 20.8 Å². The minimum atomic E-state index is -1.75. The average Bonchev–Trinajstić information content (AvgIpc) is 1.94. The van der Waals surface area contributed by atoms with Crippen molar-refractivity contribution in [3.05, 3.63) is 10.1 Å². The molecule has 0 atom stereocenters. The molecule has 0 aromatic carbocycles. The van der Waals surface area contributed by atoms with E-state index in [-0.39, 0.29) is 35.6 Å². The molecule has 0 aliphatic carbocycles. The van der Waals surface area contributed by atoms with Crippen molar-refractivity contribution in [3.63, 3.8) is 0 Å². The molecule has 0 saturated carbocycles. The summed E-state index contributed by atoms with van der Waals surface area (Å²) in [6.45, 7) is 2.92. The second-order valence-corrected chi connectivity index (χ2v) is 9.78. The van der Waals surface area contributed by atoms with Crippen molar-refractivity contribution >= 4 is 47.0 Å². The molecular formula is C6H10Cl3LaNO9Ru. The zero-order chi connectivity index (χ0) is 17.9. The molecule has 0 unspecified atom stereocenters. The molecule has 0 heterocycles. The average molecular weight is 586 g/mol. The molecule has 0 fully saturated rings. The van der Waals surface area contributed by atoms with Gasteiger partial charge in [-0.1, -0.05) is 0 Å². The van der Waals surface area contributed by atoms with Crippen molar-refractivity contribution in [1.82, 2.24) is 0 Å². The van der Waals surface area contributed by atoms with Crippen molar-refractivity contribution in [3.8, 4) is 0 Å². The molecule has 0 rings (SSSR count). The number of hydrogen-bond acceptors (Lipinski definition) is 8. The van der Waals surface area contributed by atoms with Crippen LogP contribution in [0.1, 0.15) is 20.8 Å². The Morgan fingerprint density at radius 3 is 0.905 bits per heavy atom. The Kier molecular flexibility index (Phi) is 57.7. The number of carboxylic acids is 3. The van der Waals surface area contributed by atoms with E-state index in [2.05, 4.69) is 0 Å². The van der Waals surface area contributed by atoms with Gasteiger partial charge in [-0.2, -0.15) is 0 Å². The summed E-state index contributed by atoms with van der Waals surface area (Å²) in [5.41, 5.74) is 0. The van der Waals surface area contributed by atoms with Gasteiger partial charge in [0.1, 0.15) is 0 Å². The van der Waals surface area contributed by atoms with Crippen molar-refractivity contribution in [2.24, 2.45) is 0 Å². The fraction of sp³-hybridized carbons (Fsp3) is 0.500. The summed E-state index contributed by atoms with van der Waals surface area (Å²) in [5, 5.41) is 40.3. The smallest absolute Gasteiger partial charge is 3.00 e. The minimum Gasteiger partial charge on any atom is 3.00 e. The number of hydrogen-bond donors (Lipinski definition) is 1. The maximum atomic E-state index is 8.89. The third-order valence-corrected chi connectivity index (χ3v) is 0. The van der Waals surface area contributed by atoms with Gasteiger partial charge in [0, 0.05) is 17.9 Å². The van der Waals surface area contributed by atoms with E-state index in [9.17, 15) is 0 Å². The molecule has 0 aliphatic rings. The second kappa shape index (κ2) is 32.3. The third-order valence-electron chi connectivity index (χ3n) is 0. The molecule has 10 nitrogen and oxygen atoms in total. The minimum absolute atomic E-state index is 0. The van der Waals surface area contributed by atoms with E-state index in [1.54, 1.807) is 0 Å². The van der Waals surface area contributed by atoms with E-state index in [4.69, 9.17) is 74.1 Å². The summed E-state index contributed by atoms with van der Waals surface area (Å²) in [6, 6.07) is 0. The zero-order valence-corrected chi connectivity index (χ0v) is 18.4. The number of carbonyl (C=O) groups excluding carboxylic acids is 3. The van der Waals surface area contributed by atoms with Crippen molar-refractivity contribution in [2.45, 2.75) is 20.8 Å². The van der Waals surface area contributed by atoms with Crippen LogP contribution < -0.4 is 15.3 Å². The third kappa shape index (κ3) is 76400. The van der Waals surface area contributed by atoms with Crippen LogP contribution >= 0.6 is 29.1 Å². The number of halogens is 3. The SMILES string of the molecule is CC(=O)[O-].CC(=O)[O-].CC(=O)[O-].O=[N+]([O-])O.[Cl][Ru]([Cl])[Cl].[La+3]. The molecule has 0 saturated heterocycles. The Balaban J connectivity index is -0.0000000331. The molecule has 125 valence electrons. The van der Waals surface area contributed by atoms with Gasteiger partial charge in [0.05, 0.1) is 0 Å². The van der Waals surface area contributed by atoms with Crippen LogP contribution in [0.4, 0.5) is 0 Å². The first kappa shape index (κ1) is 37.5. The van der Waals surface area contributed by atoms with E-state index in [1.165, 1.54) is 0 Å². The topological polar surface area (TPSA) is 184 Å². The predicted molar refractivity (Wildman–Crippen MR) is 58.4 cm³/mol. The van der Waals surface area contributed by atoms with Crippen LogP contribution in [0.5, 0.6) is 0 Å². The van der Waals surface area contributed by atoms with Crippen LogP contribution in [0.15, 0.2) is 0 Å². The van der Waals surface area contributed by atoms with Crippen LogP contribution in [0.25, 0.3) is 0 Å². The van der Waals surface area contributed by atoms with Crippen LogP contribution in [0.2, 0.25) is 0 Å². The molecule has 0 amide bonds. The summed E-state index contributed by atoms with van der Waals surface area (Å²) in [4.78, 5) is 35.0. The fourth-order valence-corrected chi connectivity index (χ4v) is 0. The fourth-order valence-electron chi connectivity index (χ4n) is 0. The number of carbonyl (C=O) groups is 3. The van der Waals surface area contributed by atoms with Gasteiger partial charge in [-0.3, -0.25) is 0 Å². The molecule has 0 aromatic heterocycles. The molecular weight excluding hydrogens is 576 g/mol. The maximum Gasteiger partial charge on any atom is 3.00 e. The first-order chi connectivity index (χ1) is 8.66. The van der Waals surface area contributed by atoms with Crippen LogP contribution in [-0.2, 0) is 27.4 Å². The van der Waals surface area contributed by atoms with E-state index >= 15 is 0 Å². The normalized spacial score (nSPS) is 6.86. The van der Waals surface area contributed by atoms with Gasteiger partial charge in [-0.25, -0.2) is 0 Å². The Hall–Kier alpha value is 0.298. The van der Waals surface area contributed by atoms with Crippen LogP contribution in [0, 0.1) is 45.7 Å². The summed E-state index contributed by atoms with van der Waals surface area (Å²) < 4.78 is 0. The van der Waals surface area contributed by atoms with Gasteiger partial charge in [-0.15, -0.1) is 10.1 Å². The van der Waals surface area contributed by atoms with E-state index < -0.39 is 36.0 Å². The number of nitrogens with zero attached hydrogens (tertiary/aromatic N) is 1. The second-order valence-electron chi connectivity index (χ2n) is 1.86. The largest absolute Gasteiger partial charge is 3.00 e. The summed E-state index contributed by atoms with van der Waals surface area (Å²) in [6.07, 6.45) is 0. The predicted octanol–water partition coefficient (Wildman–Crippen LogP) is -2.01. The van der Waals surface area contributed by atoms with Crippen molar-refractivity contribution < 1.29 is 88.6 Å². The zero-order valence-electron chi connectivity index (χ0n) is 10.7. The Bertz CT molecular complexity index is 215. The Morgan fingerprint density at radius 1 is 0.905 bits per heavy atom. The van der Waals surface area contributed by atoms with Gasteiger partial charge in [0.2, 0.25) is 0 Å². The number of rotatable bonds is 0. The van der Waals surface area contributed by atoms with Gasteiger partial charge in [0.15, 0.2) is 0 Å². The van der Waals surface area contributed by atoms with Gasteiger partial charge < -0.3 is 34.9 Å². The molecule has 1 N–H and O–H groups in total. The van der Waals surface area contributed by atoms with E-state index in [0.29, 0.717) is 0 Å². The van der Waals surface area contributed by atoms with Gasteiger partial charge in [0.25, 0.3) is 5.09 Å². The molecule has 21 heavy (non-hydrogen) atoms. The van der Waals surface area contributed by atoms with Crippen molar-refractivity contribution in [1.29, 1.82) is 0 Å². The standard InChI is InChI=1S/3C2H4O2.3ClH.La.HNO3.Ru/c3*1-2(3)4;;;;;2-1(3)4;/h3*1H3,(H,3,4);3*1H;;(H,2,3,4);/q;;;;;;+3;;+3/p-6. The molecule has 0 radical (unpaired) electrons. The van der Waals surface area contributed by atoms with Crippen LogP contribution in [0.3, 0.4) is 0 Å². The monoisotopic (exact) mass is 586 g/mol. The first-order valence-corrected chi connectivity index (χ1v) is 10.4. The molecule has 0 aromatic rings. The first-order valence-electron chi connectivity index (χ1n) is 3.69. The van der Waals surface area contributed by atoms with Crippen molar-refractivity contribution in [2.75, 3.05) is 0 Å². The number of aliphatic carboxylic acids is 3. The summed E-state index contributed by atoms with van der Waals surface area (Å²) >= 11 is -1.75. The number of carboxylic acid groups (broad SMARTS) is 3. The van der Waals surface area contributed by atoms with E-state index in [1.807, 2.05) is 0 Å². The Morgan fingerprint density at radius 2 is 0.905 bits per heavy atom. The molecule has 0 spiro atoms. The van der Waals surface area contributed by atoms with Gasteiger partial charge in [-0.05, 0) is 20.8 Å². The summed E-state index contributed by atoms with van der Waals surface area (Å²) in [7, 11) is 14.8. The molecule has 15 heteroatoms. The molecule has 0 aliphatic heterocycles. The Labute approximate surface area is 165 Å². The quantitative estimate of drug-likeness (QED) is 0.190. The van der Waals surface area contributed by atoms with Crippen LogP contribution in [-0.4, -0.2) is 28.2 Å².